The molecule has 1 unspecified atom stereocenters. The number of piperazine rings is 1. The highest BCUT2D eigenvalue weighted by Gasteiger charge is 2.26. The van der Waals surface area contributed by atoms with Crippen LogP contribution in [-0.2, 0) is 11.3 Å². The van der Waals surface area contributed by atoms with E-state index >= 15 is 0 Å². The van der Waals surface area contributed by atoms with E-state index < -0.39 is 6.10 Å². The van der Waals surface area contributed by atoms with Gasteiger partial charge in [0.1, 0.15) is 5.75 Å². The predicted molar refractivity (Wildman–Crippen MR) is 103 cm³/mol. The van der Waals surface area contributed by atoms with E-state index in [1.165, 1.54) is 5.56 Å². The molecule has 0 aliphatic carbocycles. The molecule has 0 radical (unpaired) electrons. The van der Waals surface area contributed by atoms with Crippen LogP contribution in [0.15, 0.2) is 59.1 Å². The summed E-state index contributed by atoms with van der Waals surface area (Å²) in [5, 5.41) is 0. The lowest BCUT2D eigenvalue weighted by atomic mass is 10.2. The molecule has 0 aromatic heterocycles. The molecule has 1 heterocycles. The van der Waals surface area contributed by atoms with Gasteiger partial charge in [-0.2, -0.15) is 0 Å². The average molecular weight is 403 g/mol. The van der Waals surface area contributed by atoms with Crippen LogP contribution >= 0.6 is 15.9 Å². The van der Waals surface area contributed by atoms with E-state index in [1.807, 2.05) is 42.2 Å². The highest BCUT2D eigenvalue weighted by Crippen LogP contribution is 2.25. The summed E-state index contributed by atoms with van der Waals surface area (Å²) in [6.45, 7) is 6.03. The molecule has 1 aliphatic heterocycles. The van der Waals surface area contributed by atoms with E-state index in [9.17, 15) is 4.79 Å². The van der Waals surface area contributed by atoms with Crippen molar-refractivity contribution in [2.24, 2.45) is 0 Å². The number of amides is 1. The molecule has 25 heavy (non-hydrogen) atoms. The summed E-state index contributed by atoms with van der Waals surface area (Å²) in [5.41, 5.74) is 1.31. The summed E-state index contributed by atoms with van der Waals surface area (Å²) < 4.78 is 6.69. The van der Waals surface area contributed by atoms with Gasteiger partial charge in [-0.3, -0.25) is 9.69 Å². The zero-order chi connectivity index (χ0) is 17.6. The van der Waals surface area contributed by atoms with Gasteiger partial charge in [0.2, 0.25) is 0 Å². The van der Waals surface area contributed by atoms with Crippen LogP contribution in [0.3, 0.4) is 0 Å². The molecule has 1 atom stereocenters. The molecule has 3 rings (SSSR count). The largest absolute Gasteiger partial charge is 0.480 e. The van der Waals surface area contributed by atoms with Gasteiger partial charge in [0.25, 0.3) is 5.91 Å². The van der Waals surface area contributed by atoms with Crippen molar-refractivity contribution in [3.8, 4) is 5.75 Å². The topological polar surface area (TPSA) is 32.8 Å². The van der Waals surface area contributed by atoms with E-state index in [0.717, 1.165) is 37.2 Å². The van der Waals surface area contributed by atoms with E-state index in [1.54, 1.807) is 0 Å². The molecule has 0 bridgehead atoms. The van der Waals surface area contributed by atoms with Gasteiger partial charge in [0.05, 0.1) is 4.47 Å². The lowest BCUT2D eigenvalue weighted by Crippen LogP contribution is -2.51. The van der Waals surface area contributed by atoms with Crippen LogP contribution in [0.25, 0.3) is 0 Å². The molecule has 1 aliphatic rings. The quantitative estimate of drug-likeness (QED) is 0.766. The Hall–Kier alpha value is -1.85. The van der Waals surface area contributed by atoms with Crippen molar-refractivity contribution in [3.63, 3.8) is 0 Å². The van der Waals surface area contributed by atoms with Crippen LogP contribution in [0.1, 0.15) is 12.5 Å². The molecule has 1 saturated heterocycles. The maximum atomic E-state index is 12.6. The summed E-state index contributed by atoms with van der Waals surface area (Å²) in [4.78, 5) is 16.9. The van der Waals surface area contributed by atoms with Gasteiger partial charge in [-0.25, -0.2) is 0 Å². The molecule has 0 N–H and O–H groups in total. The summed E-state index contributed by atoms with van der Waals surface area (Å²) in [6, 6.07) is 18.1. The first-order chi connectivity index (χ1) is 12.1. The Balaban J connectivity index is 1.50. The van der Waals surface area contributed by atoms with Gasteiger partial charge in [-0.05, 0) is 40.5 Å². The highest BCUT2D eigenvalue weighted by molar-refractivity contribution is 9.10. The van der Waals surface area contributed by atoms with Crippen molar-refractivity contribution in [1.82, 2.24) is 9.80 Å². The van der Waals surface area contributed by atoms with Crippen molar-refractivity contribution in [2.75, 3.05) is 26.2 Å². The number of rotatable bonds is 5. The minimum atomic E-state index is -0.487. The maximum absolute atomic E-state index is 12.6. The third-order valence-electron chi connectivity index (χ3n) is 4.42. The number of benzene rings is 2. The third kappa shape index (κ3) is 4.83. The number of nitrogens with zero attached hydrogens (tertiary/aromatic N) is 2. The first-order valence-corrected chi connectivity index (χ1v) is 9.39. The fourth-order valence-electron chi connectivity index (χ4n) is 3.01. The third-order valence-corrected chi connectivity index (χ3v) is 5.08. The van der Waals surface area contributed by atoms with Gasteiger partial charge in [-0.1, -0.05) is 42.5 Å². The number of halogens is 1. The molecule has 1 amide bonds. The SMILES string of the molecule is CC(Oc1ccccc1Br)C(=O)N1CCN(Cc2ccccc2)CC1. The second kappa shape index (κ2) is 8.50. The summed E-state index contributed by atoms with van der Waals surface area (Å²) >= 11 is 3.45. The van der Waals surface area contributed by atoms with Gasteiger partial charge in [0, 0.05) is 32.7 Å². The molecule has 0 spiro atoms. The van der Waals surface area contributed by atoms with Gasteiger partial charge in [0.15, 0.2) is 6.10 Å². The van der Waals surface area contributed by atoms with Gasteiger partial charge >= 0.3 is 0 Å². The summed E-state index contributed by atoms with van der Waals surface area (Å²) in [5.74, 6) is 0.751. The van der Waals surface area contributed by atoms with E-state index in [-0.39, 0.29) is 5.91 Å². The van der Waals surface area contributed by atoms with Crippen LogP contribution in [0.2, 0.25) is 0 Å². The van der Waals surface area contributed by atoms with Crippen LogP contribution in [0.5, 0.6) is 5.75 Å². The molecular weight excluding hydrogens is 380 g/mol. The minimum absolute atomic E-state index is 0.0510. The zero-order valence-corrected chi connectivity index (χ0v) is 16.0. The maximum Gasteiger partial charge on any atom is 0.263 e. The van der Waals surface area contributed by atoms with Crippen molar-refractivity contribution in [3.05, 3.63) is 64.6 Å². The Labute approximate surface area is 157 Å². The molecule has 4 nitrogen and oxygen atoms in total. The Morgan fingerprint density at radius 2 is 1.68 bits per heavy atom. The van der Waals surface area contributed by atoms with E-state index in [0.29, 0.717) is 5.75 Å². The van der Waals surface area contributed by atoms with E-state index in [4.69, 9.17) is 4.74 Å². The van der Waals surface area contributed by atoms with Crippen LogP contribution in [0.4, 0.5) is 0 Å². The van der Waals surface area contributed by atoms with Crippen LogP contribution < -0.4 is 4.74 Å². The molecular formula is C20H23BrN2O2. The summed E-state index contributed by atoms with van der Waals surface area (Å²) in [7, 11) is 0. The fourth-order valence-corrected chi connectivity index (χ4v) is 3.38. The number of hydrogen-bond donors (Lipinski definition) is 0. The Kier molecular flexibility index (Phi) is 6.10. The second-order valence-corrected chi connectivity index (χ2v) is 7.13. The van der Waals surface area contributed by atoms with Crippen molar-refractivity contribution in [1.29, 1.82) is 0 Å². The fraction of sp³-hybridized carbons (Fsp3) is 0.350. The molecule has 2 aromatic carbocycles. The van der Waals surface area contributed by atoms with Crippen molar-refractivity contribution in [2.45, 2.75) is 19.6 Å². The van der Waals surface area contributed by atoms with E-state index in [2.05, 4.69) is 45.1 Å². The Morgan fingerprint density at radius 1 is 1.04 bits per heavy atom. The minimum Gasteiger partial charge on any atom is -0.480 e. The molecule has 5 heteroatoms. The molecule has 0 saturated carbocycles. The average Bonchev–Trinajstić information content (AvgIpc) is 2.64. The van der Waals surface area contributed by atoms with Crippen molar-refractivity contribution < 1.29 is 9.53 Å². The van der Waals surface area contributed by atoms with Crippen LogP contribution in [-0.4, -0.2) is 48.0 Å². The Morgan fingerprint density at radius 3 is 2.36 bits per heavy atom. The lowest BCUT2D eigenvalue weighted by Gasteiger charge is -2.36. The number of carbonyl (C=O) groups excluding carboxylic acids is 1. The first-order valence-electron chi connectivity index (χ1n) is 8.60. The van der Waals surface area contributed by atoms with Gasteiger partial charge < -0.3 is 9.64 Å². The number of ether oxygens (including phenoxy) is 1. The van der Waals surface area contributed by atoms with Crippen molar-refractivity contribution >= 4 is 21.8 Å². The standard InChI is InChI=1S/C20H23BrN2O2/c1-16(25-19-10-6-5-9-18(19)21)20(24)23-13-11-22(12-14-23)15-17-7-3-2-4-8-17/h2-10,16H,11-15H2,1H3. The van der Waals surface area contributed by atoms with Gasteiger partial charge in [-0.15, -0.1) is 0 Å². The monoisotopic (exact) mass is 402 g/mol. The predicted octanol–water partition coefficient (Wildman–Crippen LogP) is 3.56. The number of para-hydroxylation sites is 1. The second-order valence-electron chi connectivity index (χ2n) is 6.28. The Bertz CT molecular complexity index is 700. The zero-order valence-electron chi connectivity index (χ0n) is 14.4. The summed E-state index contributed by atoms with van der Waals surface area (Å²) in [6.07, 6.45) is -0.487. The lowest BCUT2D eigenvalue weighted by molar-refractivity contribution is -0.139. The highest BCUT2D eigenvalue weighted by atomic mass is 79.9. The molecule has 132 valence electrons. The smallest absolute Gasteiger partial charge is 0.263 e. The molecule has 2 aromatic rings. The van der Waals surface area contributed by atoms with Crippen LogP contribution in [0, 0.1) is 0 Å². The number of hydrogen-bond acceptors (Lipinski definition) is 3. The number of carbonyl (C=O) groups is 1. The normalized spacial score (nSPS) is 16.5. The first kappa shape index (κ1) is 18.0. The molecule has 1 fully saturated rings.